The summed E-state index contributed by atoms with van der Waals surface area (Å²) in [6.07, 6.45) is 8.00. The number of fused-ring (bicyclic) bond motifs is 1. The van der Waals surface area contributed by atoms with Gasteiger partial charge in [0.05, 0.1) is 25.9 Å². The molecule has 3 atom stereocenters. The number of hydrogen-bond donors (Lipinski definition) is 1. The quantitative estimate of drug-likeness (QED) is 0.716. The van der Waals surface area contributed by atoms with Crippen LogP contribution in [0.5, 0.6) is 11.5 Å². The number of likely N-dealkylation sites (tertiary alicyclic amines) is 1. The van der Waals surface area contributed by atoms with Gasteiger partial charge in [-0.2, -0.15) is 0 Å². The number of ether oxygens (including phenoxy) is 2. The number of carbonyl (C=O) groups excluding carboxylic acids is 1. The molecule has 0 radical (unpaired) electrons. The summed E-state index contributed by atoms with van der Waals surface area (Å²) in [4.78, 5) is 15.2. The Hall–Kier alpha value is -2.79. The second kappa shape index (κ2) is 9.15. The Bertz CT molecular complexity index is 921. The van der Waals surface area contributed by atoms with Crippen molar-refractivity contribution in [1.29, 1.82) is 0 Å². The molecular weight excluding hydrogens is 390 g/mol. The van der Waals surface area contributed by atoms with Crippen molar-refractivity contribution in [2.75, 3.05) is 20.8 Å². The lowest BCUT2D eigenvalue weighted by Gasteiger charge is -2.52. The van der Waals surface area contributed by atoms with E-state index in [2.05, 4.69) is 0 Å². The van der Waals surface area contributed by atoms with Crippen LogP contribution in [0, 0.1) is 5.92 Å². The summed E-state index contributed by atoms with van der Waals surface area (Å²) in [5.74, 6) is 1.59. The highest BCUT2D eigenvalue weighted by Crippen LogP contribution is 2.49. The van der Waals surface area contributed by atoms with Gasteiger partial charge in [0.2, 0.25) is 5.91 Å². The molecule has 31 heavy (non-hydrogen) atoms. The highest BCUT2D eigenvalue weighted by atomic mass is 16.5. The van der Waals surface area contributed by atoms with Crippen LogP contribution in [0.1, 0.15) is 49.3 Å². The number of aliphatic hydroxyl groups is 1. The number of amides is 1. The van der Waals surface area contributed by atoms with Crippen LogP contribution in [-0.2, 0) is 4.79 Å². The van der Waals surface area contributed by atoms with E-state index in [-0.39, 0.29) is 17.9 Å². The number of methoxy groups -OCH3 is 2. The Balaban J connectivity index is 1.61. The molecule has 2 aliphatic rings. The van der Waals surface area contributed by atoms with Crippen molar-refractivity contribution >= 4 is 12.0 Å². The fourth-order valence-corrected chi connectivity index (χ4v) is 5.12. The molecule has 2 aromatic carbocycles. The topological polar surface area (TPSA) is 59.0 Å². The van der Waals surface area contributed by atoms with Crippen molar-refractivity contribution in [2.24, 2.45) is 5.92 Å². The van der Waals surface area contributed by atoms with Crippen molar-refractivity contribution in [3.8, 4) is 11.5 Å². The molecule has 4 rings (SSSR count). The first-order valence-corrected chi connectivity index (χ1v) is 11.0. The van der Waals surface area contributed by atoms with Gasteiger partial charge in [0.15, 0.2) is 0 Å². The van der Waals surface area contributed by atoms with Gasteiger partial charge in [-0.3, -0.25) is 4.79 Å². The van der Waals surface area contributed by atoms with Crippen molar-refractivity contribution in [1.82, 2.24) is 4.90 Å². The van der Waals surface area contributed by atoms with Crippen molar-refractivity contribution in [3.63, 3.8) is 0 Å². The zero-order valence-electron chi connectivity index (χ0n) is 18.3. The molecule has 0 unspecified atom stereocenters. The first kappa shape index (κ1) is 21.4. The Kier molecular flexibility index (Phi) is 6.33. The number of rotatable bonds is 5. The van der Waals surface area contributed by atoms with E-state index >= 15 is 0 Å². The van der Waals surface area contributed by atoms with Crippen molar-refractivity contribution < 1.29 is 19.4 Å². The molecule has 5 nitrogen and oxygen atoms in total. The van der Waals surface area contributed by atoms with Gasteiger partial charge in [0.25, 0.3) is 0 Å². The SMILES string of the molecule is COc1ccc(C=CC(=O)N2CC[C@@]3(O)CCCC[C@H]3[C@@H]2c2ccc(OC)cc2)cc1. The van der Waals surface area contributed by atoms with Crippen molar-refractivity contribution in [2.45, 2.75) is 43.7 Å². The molecule has 1 saturated heterocycles. The van der Waals surface area contributed by atoms with E-state index in [1.165, 1.54) is 0 Å². The zero-order chi connectivity index (χ0) is 21.8. The molecule has 1 heterocycles. The van der Waals surface area contributed by atoms with E-state index in [0.29, 0.717) is 13.0 Å². The predicted octanol–water partition coefficient (Wildman–Crippen LogP) is 4.61. The zero-order valence-corrected chi connectivity index (χ0v) is 18.3. The maximum absolute atomic E-state index is 13.3. The fraction of sp³-hybridized carbons (Fsp3) is 0.423. The van der Waals surface area contributed by atoms with Crippen LogP contribution in [0.25, 0.3) is 6.08 Å². The average molecular weight is 422 g/mol. The minimum absolute atomic E-state index is 0.0238. The Labute approximate surface area is 184 Å². The van der Waals surface area contributed by atoms with Crippen LogP contribution >= 0.6 is 0 Å². The average Bonchev–Trinajstić information content (AvgIpc) is 2.82. The summed E-state index contributed by atoms with van der Waals surface area (Å²) in [6.45, 7) is 0.551. The molecule has 2 fully saturated rings. The monoisotopic (exact) mass is 421 g/mol. The number of benzene rings is 2. The first-order chi connectivity index (χ1) is 15.0. The normalized spacial score (nSPS) is 25.8. The van der Waals surface area contributed by atoms with Crippen LogP contribution in [0.15, 0.2) is 54.6 Å². The minimum atomic E-state index is -0.695. The number of hydrogen-bond acceptors (Lipinski definition) is 4. The molecule has 5 heteroatoms. The molecule has 1 N–H and O–H groups in total. The maximum Gasteiger partial charge on any atom is 0.247 e. The summed E-state index contributed by atoms with van der Waals surface area (Å²) in [6, 6.07) is 15.4. The second-order valence-corrected chi connectivity index (χ2v) is 8.56. The molecule has 2 aromatic rings. The minimum Gasteiger partial charge on any atom is -0.497 e. The van der Waals surface area contributed by atoms with E-state index in [4.69, 9.17) is 9.47 Å². The highest BCUT2D eigenvalue weighted by molar-refractivity contribution is 5.92. The Morgan fingerprint density at radius 3 is 2.29 bits per heavy atom. The lowest BCUT2D eigenvalue weighted by Crippen LogP contribution is -2.56. The lowest BCUT2D eigenvalue weighted by molar-refractivity contribution is -0.150. The third-order valence-corrected chi connectivity index (χ3v) is 6.84. The molecule has 164 valence electrons. The van der Waals surface area contributed by atoms with E-state index in [0.717, 1.165) is 48.3 Å². The molecule has 0 spiro atoms. The van der Waals surface area contributed by atoms with Crippen LogP contribution in [0.3, 0.4) is 0 Å². The molecule has 0 bridgehead atoms. The number of nitrogens with zero attached hydrogens (tertiary/aromatic N) is 1. The summed E-state index contributed by atoms with van der Waals surface area (Å²) in [5, 5.41) is 11.4. The molecular formula is C26H31NO4. The second-order valence-electron chi connectivity index (χ2n) is 8.56. The van der Waals surface area contributed by atoms with Gasteiger partial charge in [0.1, 0.15) is 11.5 Å². The smallest absolute Gasteiger partial charge is 0.247 e. The van der Waals surface area contributed by atoms with Gasteiger partial charge in [-0.15, -0.1) is 0 Å². The van der Waals surface area contributed by atoms with Gasteiger partial charge in [-0.1, -0.05) is 37.1 Å². The van der Waals surface area contributed by atoms with Gasteiger partial charge in [-0.05, 0) is 60.7 Å². The Morgan fingerprint density at radius 2 is 1.65 bits per heavy atom. The van der Waals surface area contributed by atoms with E-state index in [1.807, 2.05) is 59.5 Å². The highest BCUT2D eigenvalue weighted by Gasteiger charge is 2.49. The van der Waals surface area contributed by atoms with Gasteiger partial charge < -0.3 is 19.5 Å². The maximum atomic E-state index is 13.3. The first-order valence-electron chi connectivity index (χ1n) is 11.0. The van der Waals surface area contributed by atoms with Crippen LogP contribution < -0.4 is 9.47 Å². The lowest BCUT2D eigenvalue weighted by atomic mass is 9.66. The van der Waals surface area contributed by atoms with E-state index in [1.54, 1.807) is 20.3 Å². The standard InChI is InChI=1S/C26H31NO4/c1-30-21-11-6-19(7-12-21)8-15-24(28)27-18-17-26(29)16-4-3-5-23(26)25(27)20-9-13-22(31-2)14-10-20/h6-15,23,25,29H,3-5,16-18H2,1-2H3/t23-,25-,26-/m0/s1. The fourth-order valence-electron chi connectivity index (χ4n) is 5.12. The van der Waals surface area contributed by atoms with Gasteiger partial charge >= 0.3 is 0 Å². The van der Waals surface area contributed by atoms with Gasteiger partial charge in [0, 0.05) is 18.5 Å². The van der Waals surface area contributed by atoms with Crippen LogP contribution in [-0.4, -0.2) is 42.3 Å². The summed E-state index contributed by atoms with van der Waals surface area (Å²) < 4.78 is 10.5. The molecule has 1 amide bonds. The Morgan fingerprint density at radius 1 is 1.00 bits per heavy atom. The van der Waals surface area contributed by atoms with Gasteiger partial charge in [-0.25, -0.2) is 0 Å². The number of carbonyl (C=O) groups is 1. The van der Waals surface area contributed by atoms with Crippen LogP contribution in [0.2, 0.25) is 0 Å². The van der Waals surface area contributed by atoms with E-state index < -0.39 is 5.60 Å². The largest absolute Gasteiger partial charge is 0.497 e. The molecule has 1 aliphatic heterocycles. The van der Waals surface area contributed by atoms with Crippen LogP contribution in [0.4, 0.5) is 0 Å². The third kappa shape index (κ3) is 4.47. The molecule has 1 saturated carbocycles. The summed E-state index contributed by atoms with van der Waals surface area (Å²) in [5.41, 5.74) is 1.30. The van der Waals surface area contributed by atoms with Crippen molar-refractivity contribution in [3.05, 3.63) is 65.7 Å². The molecule has 0 aromatic heterocycles. The summed E-state index contributed by atoms with van der Waals surface area (Å²) in [7, 11) is 3.28. The molecule has 1 aliphatic carbocycles. The van der Waals surface area contributed by atoms with E-state index in [9.17, 15) is 9.90 Å². The predicted molar refractivity (Wildman–Crippen MR) is 121 cm³/mol. The number of piperidine rings is 1. The summed E-state index contributed by atoms with van der Waals surface area (Å²) >= 11 is 0. The third-order valence-electron chi connectivity index (χ3n) is 6.84.